The van der Waals surface area contributed by atoms with Gasteiger partial charge in [-0.1, -0.05) is 25.1 Å². The molecule has 3 nitrogen and oxygen atoms in total. The molecule has 1 aromatic carbocycles. The molecule has 0 saturated heterocycles. The van der Waals surface area contributed by atoms with Gasteiger partial charge in [0.25, 0.3) is 0 Å². The van der Waals surface area contributed by atoms with Gasteiger partial charge in [0.1, 0.15) is 0 Å². The van der Waals surface area contributed by atoms with Crippen LogP contribution in [0.5, 0.6) is 0 Å². The zero-order valence-electron chi connectivity index (χ0n) is 11.9. The normalized spacial score (nSPS) is 16.9. The number of nitrogens with one attached hydrogen (secondary N) is 1. The smallest absolute Gasteiger partial charge is 0.0706 e. The van der Waals surface area contributed by atoms with Crippen LogP contribution in [0.1, 0.15) is 32.4 Å². The maximum absolute atomic E-state index is 4.78. The van der Waals surface area contributed by atoms with Gasteiger partial charge >= 0.3 is 0 Å². The van der Waals surface area contributed by atoms with Crippen LogP contribution in [0.2, 0.25) is 0 Å². The number of hydrogen-bond donors (Lipinski definition) is 1. The van der Waals surface area contributed by atoms with E-state index in [0.717, 1.165) is 25.6 Å². The number of aryl methyl sites for hydroxylation is 1. The Balaban J connectivity index is 1.75. The number of nitrogens with zero attached hydrogens (tertiary/aromatic N) is 2. The van der Waals surface area contributed by atoms with E-state index in [1.807, 2.05) is 0 Å². The van der Waals surface area contributed by atoms with Crippen LogP contribution in [-0.4, -0.2) is 22.4 Å². The minimum atomic E-state index is 0.643. The average molecular weight is 257 g/mol. The fraction of sp³-hybridized carbons (Fsp3) is 0.562. The quantitative estimate of drug-likeness (QED) is 0.862. The van der Waals surface area contributed by atoms with Gasteiger partial charge in [-0.25, -0.2) is 0 Å². The van der Waals surface area contributed by atoms with E-state index < -0.39 is 0 Å². The van der Waals surface area contributed by atoms with Crippen LogP contribution in [-0.2, 0) is 13.0 Å². The number of fused-ring (bicyclic) bond motifs is 1. The van der Waals surface area contributed by atoms with Gasteiger partial charge in [0, 0.05) is 18.0 Å². The van der Waals surface area contributed by atoms with Gasteiger partial charge in [0.05, 0.1) is 11.2 Å². The largest absolute Gasteiger partial charge is 0.314 e. The predicted molar refractivity (Wildman–Crippen MR) is 79.3 cm³/mol. The van der Waals surface area contributed by atoms with Crippen molar-refractivity contribution in [3.8, 4) is 0 Å². The first-order chi connectivity index (χ1) is 9.28. The van der Waals surface area contributed by atoms with E-state index in [1.54, 1.807) is 0 Å². The lowest BCUT2D eigenvalue weighted by atomic mass is 10.0. The summed E-state index contributed by atoms with van der Waals surface area (Å²) < 4.78 is 2.12. The van der Waals surface area contributed by atoms with Crippen molar-refractivity contribution in [1.29, 1.82) is 0 Å². The lowest BCUT2D eigenvalue weighted by molar-refractivity contribution is 0.501. The second kappa shape index (κ2) is 5.33. The maximum atomic E-state index is 4.78. The molecule has 1 aromatic heterocycles. The highest BCUT2D eigenvalue weighted by molar-refractivity contribution is 5.81. The molecule has 1 aliphatic rings. The Bertz CT molecular complexity index is 554. The van der Waals surface area contributed by atoms with Crippen molar-refractivity contribution in [2.24, 2.45) is 5.92 Å². The van der Waals surface area contributed by atoms with E-state index in [2.05, 4.69) is 48.1 Å². The van der Waals surface area contributed by atoms with Crippen LogP contribution in [0.25, 0.3) is 10.9 Å². The summed E-state index contributed by atoms with van der Waals surface area (Å²) >= 11 is 0. The number of benzene rings is 1. The van der Waals surface area contributed by atoms with Gasteiger partial charge < -0.3 is 5.32 Å². The number of rotatable bonds is 6. The van der Waals surface area contributed by atoms with E-state index in [-0.39, 0.29) is 0 Å². The van der Waals surface area contributed by atoms with Crippen molar-refractivity contribution in [2.45, 2.75) is 45.7 Å². The first-order valence-electron chi connectivity index (χ1n) is 7.45. The Kier molecular flexibility index (Phi) is 3.56. The summed E-state index contributed by atoms with van der Waals surface area (Å²) in [5.41, 5.74) is 2.52. The molecule has 1 saturated carbocycles. The molecule has 0 aliphatic heterocycles. The standard InChI is InChI=1S/C16H23N3/c1-3-19-16-7-5-4-6-14(16)15(18-19)10-12(2)11-17-13-8-9-13/h4-7,12-13,17H,3,8-11H2,1-2H3. The molecule has 102 valence electrons. The SMILES string of the molecule is CCn1nc(CC(C)CNC2CC2)c2ccccc21. The molecule has 2 aromatic rings. The van der Waals surface area contributed by atoms with Gasteiger partial charge in [-0.2, -0.15) is 5.10 Å². The lowest BCUT2D eigenvalue weighted by Crippen LogP contribution is -2.24. The summed E-state index contributed by atoms with van der Waals surface area (Å²) in [7, 11) is 0. The molecule has 0 bridgehead atoms. The van der Waals surface area contributed by atoms with Crippen LogP contribution < -0.4 is 5.32 Å². The van der Waals surface area contributed by atoms with E-state index in [4.69, 9.17) is 5.10 Å². The molecular weight excluding hydrogens is 234 g/mol. The van der Waals surface area contributed by atoms with Gasteiger partial charge in [-0.15, -0.1) is 0 Å². The van der Waals surface area contributed by atoms with E-state index in [9.17, 15) is 0 Å². The summed E-state index contributed by atoms with van der Waals surface area (Å²) in [6.07, 6.45) is 3.79. The van der Waals surface area contributed by atoms with Crippen molar-refractivity contribution < 1.29 is 0 Å². The van der Waals surface area contributed by atoms with E-state index >= 15 is 0 Å². The van der Waals surface area contributed by atoms with Crippen molar-refractivity contribution in [3.63, 3.8) is 0 Å². The molecule has 1 aliphatic carbocycles. The van der Waals surface area contributed by atoms with E-state index in [1.165, 1.54) is 29.4 Å². The van der Waals surface area contributed by atoms with Gasteiger partial charge in [0.2, 0.25) is 0 Å². The molecule has 19 heavy (non-hydrogen) atoms. The predicted octanol–water partition coefficient (Wildman–Crippen LogP) is 2.99. The summed E-state index contributed by atoms with van der Waals surface area (Å²) in [6.45, 7) is 6.52. The Labute approximate surface area is 115 Å². The van der Waals surface area contributed by atoms with E-state index in [0.29, 0.717) is 5.92 Å². The summed E-state index contributed by atoms with van der Waals surface area (Å²) in [4.78, 5) is 0. The molecular formula is C16H23N3. The molecule has 3 heteroatoms. The van der Waals surface area contributed by atoms with Gasteiger partial charge in [-0.3, -0.25) is 4.68 Å². The summed E-state index contributed by atoms with van der Waals surface area (Å²) in [5, 5.41) is 9.71. The Morgan fingerprint density at radius 2 is 2.16 bits per heavy atom. The van der Waals surface area contributed by atoms with Crippen LogP contribution >= 0.6 is 0 Å². The van der Waals surface area contributed by atoms with Crippen molar-refractivity contribution in [3.05, 3.63) is 30.0 Å². The summed E-state index contributed by atoms with van der Waals surface area (Å²) in [6, 6.07) is 9.37. The number of aromatic nitrogens is 2. The highest BCUT2D eigenvalue weighted by Gasteiger charge is 2.21. The second-order valence-electron chi connectivity index (χ2n) is 5.77. The molecule has 1 fully saturated rings. The molecule has 1 atom stereocenters. The van der Waals surface area contributed by atoms with Gasteiger partial charge in [-0.05, 0) is 44.7 Å². The molecule has 0 spiro atoms. The van der Waals surface area contributed by atoms with Crippen LogP contribution in [0, 0.1) is 5.92 Å². The number of para-hydroxylation sites is 1. The third-order valence-electron chi connectivity index (χ3n) is 3.91. The second-order valence-corrected chi connectivity index (χ2v) is 5.77. The minimum Gasteiger partial charge on any atom is -0.314 e. The molecule has 3 rings (SSSR count). The monoisotopic (exact) mass is 257 g/mol. The summed E-state index contributed by atoms with van der Waals surface area (Å²) in [5.74, 6) is 0.643. The third kappa shape index (κ3) is 2.81. The molecule has 1 unspecified atom stereocenters. The third-order valence-corrected chi connectivity index (χ3v) is 3.91. The van der Waals surface area contributed by atoms with Crippen molar-refractivity contribution in [2.75, 3.05) is 6.54 Å². The Morgan fingerprint density at radius 1 is 1.37 bits per heavy atom. The maximum Gasteiger partial charge on any atom is 0.0706 e. The fourth-order valence-corrected chi connectivity index (χ4v) is 2.65. The van der Waals surface area contributed by atoms with Crippen LogP contribution in [0.3, 0.4) is 0 Å². The average Bonchev–Trinajstić information content (AvgIpc) is 3.20. The lowest BCUT2D eigenvalue weighted by Gasteiger charge is -2.10. The van der Waals surface area contributed by atoms with Crippen molar-refractivity contribution >= 4 is 10.9 Å². The molecule has 1 heterocycles. The molecule has 0 amide bonds. The van der Waals surface area contributed by atoms with Crippen LogP contribution in [0.15, 0.2) is 24.3 Å². The first kappa shape index (κ1) is 12.7. The highest BCUT2D eigenvalue weighted by Crippen LogP contribution is 2.22. The Morgan fingerprint density at radius 3 is 2.89 bits per heavy atom. The van der Waals surface area contributed by atoms with Gasteiger partial charge in [0.15, 0.2) is 0 Å². The topological polar surface area (TPSA) is 29.9 Å². The zero-order chi connectivity index (χ0) is 13.2. The minimum absolute atomic E-state index is 0.643. The zero-order valence-corrected chi connectivity index (χ0v) is 11.9. The van der Waals surface area contributed by atoms with Crippen molar-refractivity contribution in [1.82, 2.24) is 15.1 Å². The first-order valence-corrected chi connectivity index (χ1v) is 7.45. The number of hydrogen-bond acceptors (Lipinski definition) is 2. The highest BCUT2D eigenvalue weighted by atomic mass is 15.3. The molecule has 1 N–H and O–H groups in total. The molecule has 0 radical (unpaired) electrons. The Hall–Kier alpha value is -1.35. The fourth-order valence-electron chi connectivity index (χ4n) is 2.65. The van der Waals surface area contributed by atoms with Crippen LogP contribution in [0.4, 0.5) is 0 Å².